The molecule has 1 aromatic rings. The molecule has 3 rings (SSSR count). The molecule has 0 spiro atoms. The van der Waals surface area contributed by atoms with Crippen molar-refractivity contribution >= 4 is 5.71 Å². The van der Waals surface area contributed by atoms with Gasteiger partial charge in [0.25, 0.3) is 0 Å². The van der Waals surface area contributed by atoms with E-state index in [-0.39, 0.29) is 0 Å². The molecule has 0 radical (unpaired) electrons. The van der Waals surface area contributed by atoms with Crippen molar-refractivity contribution in [3.63, 3.8) is 0 Å². The van der Waals surface area contributed by atoms with Crippen LogP contribution in [0.1, 0.15) is 31.4 Å². The van der Waals surface area contributed by atoms with Crippen molar-refractivity contribution in [1.29, 1.82) is 0 Å². The third kappa shape index (κ3) is 2.57. The average Bonchev–Trinajstić information content (AvgIpc) is 3.16. The molecule has 1 aliphatic carbocycles. The molecule has 2 aliphatic rings. The molecule has 0 bridgehead atoms. The van der Waals surface area contributed by atoms with Crippen molar-refractivity contribution < 1.29 is 4.74 Å². The minimum atomic E-state index is 0.593. The van der Waals surface area contributed by atoms with Gasteiger partial charge in [-0.05, 0) is 25.0 Å². The lowest BCUT2D eigenvalue weighted by Gasteiger charge is -2.09. The minimum absolute atomic E-state index is 0.593. The zero-order chi connectivity index (χ0) is 13.1. The summed E-state index contributed by atoms with van der Waals surface area (Å²) in [5, 5.41) is 3.45. The predicted octanol–water partition coefficient (Wildman–Crippen LogP) is 2.72. The smallest absolute Gasteiger partial charge is 0.148 e. The normalized spacial score (nSPS) is 21.6. The summed E-state index contributed by atoms with van der Waals surface area (Å²) in [6, 6.07) is 4.57. The van der Waals surface area contributed by atoms with Crippen LogP contribution in [0.15, 0.2) is 47.1 Å². The van der Waals surface area contributed by atoms with Crippen LogP contribution in [-0.4, -0.2) is 23.8 Å². The van der Waals surface area contributed by atoms with Crippen molar-refractivity contribution in [3.8, 4) is 0 Å². The molecule has 2 N–H and O–H groups in total. The van der Waals surface area contributed by atoms with Crippen molar-refractivity contribution in [1.82, 2.24) is 10.3 Å². The first-order chi connectivity index (χ1) is 9.36. The van der Waals surface area contributed by atoms with Gasteiger partial charge in [-0.15, -0.1) is 0 Å². The maximum atomic E-state index is 5.39. The highest BCUT2D eigenvalue weighted by molar-refractivity contribution is 6.10. The highest BCUT2D eigenvalue weighted by atomic mass is 16.5. The monoisotopic (exact) mass is 257 g/mol. The molecule has 1 aliphatic heterocycles. The van der Waals surface area contributed by atoms with E-state index >= 15 is 0 Å². The van der Waals surface area contributed by atoms with E-state index in [1.807, 2.05) is 30.6 Å². The lowest BCUT2D eigenvalue weighted by Crippen LogP contribution is -2.20. The molecule has 0 amide bonds. The fraction of sp³-hybridized carbons (Fsp3) is 0.400. The van der Waals surface area contributed by atoms with Gasteiger partial charge in [0.1, 0.15) is 11.5 Å². The Labute approximate surface area is 113 Å². The number of nitrogens with one attached hydrogen (secondary N) is 2. The average molecular weight is 257 g/mol. The summed E-state index contributed by atoms with van der Waals surface area (Å²) in [7, 11) is 1.68. The van der Waals surface area contributed by atoms with Crippen LogP contribution in [0.5, 0.6) is 0 Å². The summed E-state index contributed by atoms with van der Waals surface area (Å²) in [5.41, 5.74) is 2.80. The molecule has 0 saturated heterocycles. The summed E-state index contributed by atoms with van der Waals surface area (Å²) < 4.78 is 5.39. The second-order valence-electron chi connectivity index (χ2n) is 4.97. The van der Waals surface area contributed by atoms with Gasteiger partial charge in [-0.3, -0.25) is 0 Å². The molecule has 100 valence electrons. The van der Waals surface area contributed by atoms with Gasteiger partial charge in [-0.1, -0.05) is 12.8 Å². The Morgan fingerprint density at radius 1 is 1.42 bits per heavy atom. The number of aromatic amines is 1. The van der Waals surface area contributed by atoms with Gasteiger partial charge >= 0.3 is 0 Å². The highest BCUT2D eigenvalue weighted by Gasteiger charge is 2.18. The maximum Gasteiger partial charge on any atom is 0.148 e. The van der Waals surface area contributed by atoms with E-state index in [1.54, 1.807) is 7.11 Å². The Hall–Kier alpha value is -1.97. The van der Waals surface area contributed by atoms with E-state index in [0.717, 1.165) is 22.9 Å². The molecule has 0 aromatic carbocycles. The van der Waals surface area contributed by atoms with Gasteiger partial charge in [0.05, 0.1) is 18.5 Å². The number of aromatic nitrogens is 1. The molecule has 0 unspecified atom stereocenters. The molecule has 1 aromatic heterocycles. The molecule has 0 atom stereocenters. The van der Waals surface area contributed by atoms with E-state index in [2.05, 4.69) is 15.3 Å². The van der Waals surface area contributed by atoms with E-state index in [4.69, 9.17) is 4.74 Å². The third-order valence-corrected chi connectivity index (χ3v) is 3.67. The van der Waals surface area contributed by atoms with E-state index in [0.29, 0.717) is 6.04 Å². The summed E-state index contributed by atoms with van der Waals surface area (Å²) in [5.74, 6) is 0.815. The number of nitrogens with zero attached hydrogens (tertiary/aromatic N) is 1. The van der Waals surface area contributed by atoms with Gasteiger partial charge in [0.15, 0.2) is 0 Å². The maximum absolute atomic E-state index is 5.39. The largest absolute Gasteiger partial charge is 0.494 e. The van der Waals surface area contributed by atoms with Crippen LogP contribution in [0.3, 0.4) is 0 Å². The van der Waals surface area contributed by atoms with Gasteiger partial charge < -0.3 is 15.0 Å². The highest BCUT2D eigenvalue weighted by Crippen LogP contribution is 2.23. The third-order valence-electron chi connectivity index (χ3n) is 3.67. The molecular formula is C15H19N3O. The Morgan fingerprint density at radius 2 is 2.26 bits per heavy atom. The van der Waals surface area contributed by atoms with Gasteiger partial charge in [0.2, 0.25) is 0 Å². The summed E-state index contributed by atoms with van der Waals surface area (Å²) in [6.07, 6.45) is 11.0. The second-order valence-corrected chi connectivity index (χ2v) is 4.97. The van der Waals surface area contributed by atoms with Crippen molar-refractivity contribution in [2.45, 2.75) is 31.7 Å². The lowest BCUT2D eigenvalue weighted by molar-refractivity contribution is 0.301. The number of aliphatic imine (C=N–C) groups is 1. The Morgan fingerprint density at radius 3 is 2.95 bits per heavy atom. The summed E-state index contributed by atoms with van der Waals surface area (Å²) >= 11 is 0. The first kappa shape index (κ1) is 12.1. The molecule has 2 heterocycles. The Bertz CT molecular complexity index is 520. The van der Waals surface area contributed by atoms with Crippen molar-refractivity contribution in [3.05, 3.63) is 47.8 Å². The van der Waals surface area contributed by atoms with Crippen molar-refractivity contribution in [2.75, 3.05) is 7.11 Å². The lowest BCUT2D eigenvalue weighted by atomic mass is 10.2. The van der Waals surface area contributed by atoms with Gasteiger partial charge in [-0.25, -0.2) is 4.99 Å². The Kier molecular flexibility index (Phi) is 3.40. The van der Waals surface area contributed by atoms with Crippen LogP contribution in [0.4, 0.5) is 0 Å². The minimum Gasteiger partial charge on any atom is -0.494 e. The number of H-pyrrole nitrogens is 1. The Balaban J connectivity index is 1.76. The first-order valence-corrected chi connectivity index (χ1v) is 6.81. The molecule has 19 heavy (non-hydrogen) atoms. The number of methoxy groups -OCH3 is 1. The summed E-state index contributed by atoms with van der Waals surface area (Å²) in [6.45, 7) is 0. The topological polar surface area (TPSA) is 49.4 Å². The zero-order valence-electron chi connectivity index (χ0n) is 11.1. The number of ether oxygens (including phenoxy) is 1. The molecular weight excluding hydrogens is 238 g/mol. The second kappa shape index (κ2) is 5.34. The number of allylic oxidation sites excluding steroid dienone is 1. The molecule has 4 nitrogen and oxygen atoms in total. The molecule has 4 heteroatoms. The molecule has 1 saturated carbocycles. The van der Waals surface area contributed by atoms with E-state index in [1.165, 1.54) is 25.7 Å². The van der Waals surface area contributed by atoms with Crippen LogP contribution in [0.25, 0.3) is 0 Å². The quantitative estimate of drug-likeness (QED) is 0.871. The van der Waals surface area contributed by atoms with Crippen LogP contribution >= 0.6 is 0 Å². The SMILES string of the molecule is COC1=CC(c2ccc[nH]2)=N/C1=C\NC1CCCC1. The fourth-order valence-corrected chi connectivity index (χ4v) is 2.60. The number of rotatable bonds is 4. The predicted molar refractivity (Wildman–Crippen MR) is 75.9 cm³/mol. The van der Waals surface area contributed by atoms with E-state index in [9.17, 15) is 0 Å². The van der Waals surface area contributed by atoms with Crippen LogP contribution in [0, 0.1) is 0 Å². The zero-order valence-corrected chi connectivity index (χ0v) is 11.1. The number of hydrogen-bond donors (Lipinski definition) is 2. The fourth-order valence-electron chi connectivity index (χ4n) is 2.60. The van der Waals surface area contributed by atoms with Gasteiger partial charge in [0, 0.05) is 24.5 Å². The van der Waals surface area contributed by atoms with Crippen molar-refractivity contribution in [2.24, 2.45) is 4.99 Å². The van der Waals surface area contributed by atoms with Crippen LogP contribution in [0.2, 0.25) is 0 Å². The standard InChI is InChI=1S/C15H19N3O/c1-19-15-9-13(12-7-4-8-16-12)18-14(15)10-17-11-5-2-3-6-11/h4,7-11,16-17H,2-3,5-6H2,1H3/b14-10-. The molecule has 1 fully saturated rings. The van der Waals surface area contributed by atoms with Crippen LogP contribution < -0.4 is 5.32 Å². The summed E-state index contributed by atoms with van der Waals surface area (Å²) in [4.78, 5) is 7.77. The van der Waals surface area contributed by atoms with E-state index < -0.39 is 0 Å². The first-order valence-electron chi connectivity index (χ1n) is 6.81. The number of hydrogen-bond acceptors (Lipinski definition) is 3. The van der Waals surface area contributed by atoms with Gasteiger partial charge in [-0.2, -0.15) is 0 Å². The van der Waals surface area contributed by atoms with Crippen LogP contribution in [-0.2, 0) is 4.74 Å².